The summed E-state index contributed by atoms with van der Waals surface area (Å²) in [7, 11) is 0. The van der Waals surface area contributed by atoms with Crippen LogP contribution < -0.4 is 10.6 Å². The van der Waals surface area contributed by atoms with Crippen molar-refractivity contribution in [2.45, 2.75) is 64.6 Å². The fraction of sp³-hybridized carbons (Fsp3) is 0.714. The predicted molar refractivity (Wildman–Crippen MR) is 82.1 cm³/mol. The molecule has 3 N–H and O–H groups in total. The van der Waals surface area contributed by atoms with Crippen molar-refractivity contribution in [3.05, 3.63) is 16.5 Å². The number of anilines is 1. The van der Waals surface area contributed by atoms with Crippen LogP contribution in [-0.4, -0.2) is 27.1 Å². The van der Waals surface area contributed by atoms with Gasteiger partial charge in [-0.15, -0.1) is 0 Å². The average Bonchev–Trinajstić information content (AvgIpc) is 2.08. The molecule has 5 heteroatoms. The Morgan fingerprint density at radius 2 is 1.84 bits per heavy atom. The van der Waals surface area contributed by atoms with Crippen molar-refractivity contribution in [2.24, 2.45) is 0 Å². The normalized spacial score (nSPS) is 22.2. The predicted octanol–water partition coefficient (Wildman–Crippen LogP) is 3.17. The van der Waals surface area contributed by atoms with Crippen LogP contribution in [0, 0.1) is 11.6 Å². The van der Waals surface area contributed by atoms with E-state index < -0.39 is 0 Å². The number of aromatic nitrogens is 2. The van der Waals surface area contributed by atoms with Crippen LogP contribution in [0.15, 0.2) is 6.07 Å². The van der Waals surface area contributed by atoms with Crippen LogP contribution in [-0.2, 0) is 0 Å². The van der Waals surface area contributed by atoms with Crippen LogP contribution >= 0.6 is 12.2 Å². The quantitative estimate of drug-likeness (QED) is 0.728. The summed E-state index contributed by atoms with van der Waals surface area (Å²) in [4.78, 5) is 7.43. The van der Waals surface area contributed by atoms with Crippen LogP contribution in [0.25, 0.3) is 0 Å². The van der Waals surface area contributed by atoms with E-state index in [1.807, 2.05) is 13.0 Å². The van der Waals surface area contributed by atoms with Gasteiger partial charge in [-0.05, 0) is 47.5 Å². The van der Waals surface area contributed by atoms with Crippen LogP contribution in [0.3, 0.4) is 0 Å². The molecule has 2 rings (SSSR count). The molecule has 0 saturated carbocycles. The second-order valence-corrected chi connectivity index (χ2v) is 7.28. The smallest absolute Gasteiger partial charge is 0.131 e. The Labute approximate surface area is 120 Å². The summed E-state index contributed by atoms with van der Waals surface area (Å²) in [5, 5.41) is 7.26. The van der Waals surface area contributed by atoms with Gasteiger partial charge >= 0.3 is 0 Å². The Kier molecular flexibility index (Phi) is 3.71. The van der Waals surface area contributed by atoms with E-state index in [1.165, 1.54) is 0 Å². The van der Waals surface area contributed by atoms with Gasteiger partial charge in [0.15, 0.2) is 0 Å². The van der Waals surface area contributed by atoms with Gasteiger partial charge < -0.3 is 15.6 Å². The standard InChI is InChI=1S/C14H24N4S/c1-9-15-11(6-12(19)16-9)17-10-7-13(2,3)18-14(4,5)8-10/h6,10,18H,7-8H2,1-5H3,(H2,15,16,17,19). The minimum atomic E-state index is 0.137. The first-order valence-electron chi connectivity index (χ1n) is 6.79. The third kappa shape index (κ3) is 4.01. The minimum absolute atomic E-state index is 0.137. The molecule has 1 aromatic heterocycles. The number of nitrogens with zero attached hydrogens (tertiary/aromatic N) is 1. The molecule has 1 saturated heterocycles. The van der Waals surface area contributed by atoms with E-state index in [4.69, 9.17) is 12.2 Å². The molecular weight excluding hydrogens is 256 g/mol. The fourth-order valence-electron chi connectivity index (χ4n) is 3.30. The van der Waals surface area contributed by atoms with Crippen molar-refractivity contribution in [3.63, 3.8) is 0 Å². The molecule has 106 valence electrons. The lowest BCUT2D eigenvalue weighted by Gasteiger charge is -2.46. The van der Waals surface area contributed by atoms with Crippen molar-refractivity contribution in [3.8, 4) is 0 Å². The monoisotopic (exact) mass is 280 g/mol. The number of rotatable bonds is 2. The maximum atomic E-state index is 5.16. The molecule has 19 heavy (non-hydrogen) atoms. The number of aromatic amines is 1. The Bertz CT molecular complexity index is 502. The lowest BCUT2D eigenvalue weighted by Crippen LogP contribution is -2.60. The molecule has 1 aromatic rings. The fourth-order valence-corrected chi connectivity index (χ4v) is 3.56. The molecule has 1 aliphatic rings. The summed E-state index contributed by atoms with van der Waals surface area (Å²) < 4.78 is 0.631. The Balaban J connectivity index is 2.16. The van der Waals surface area contributed by atoms with E-state index in [2.05, 4.69) is 48.3 Å². The summed E-state index contributed by atoms with van der Waals surface area (Å²) >= 11 is 5.16. The van der Waals surface area contributed by atoms with E-state index in [-0.39, 0.29) is 11.1 Å². The second-order valence-electron chi connectivity index (χ2n) is 6.86. The second kappa shape index (κ2) is 4.87. The molecule has 0 spiro atoms. The molecule has 1 fully saturated rings. The van der Waals surface area contributed by atoms with E-state index >= 15 is 0 Å². The number of aryl methyl sites for hydroxylation is 1. The van der Waals surface area contributed by atoms with Gasteiger partial charge in [-0.25, -0.2) is 4.98 Å². The third-order valence-electron chi connectivity index (χ3n) is 3.41. The highest BCUT2D eigenvalue weighted by Crippen LogP contribution is 2.30. The van der Waals surface area contributed by atoms with Gasteiger partial charge in [0.1, 0.15) is 16.3 Å². The highest BCUT2D eigenvalue weighted by Gasteiger charge is 2.37. The van der Waals surface area contributed by atoms with E-state index in [0.717, 1.165) is 24.5 Å². The molecule has 0 atom stereocenters. The van der Waals surface area contributed by atoms with Gasteiger partial charge in [0.2, 0.25) is 0 Å². The maximum absolute atomic E-state index is 5.16. The first-order valence-corrected chi connectivity index (χ1v) is 7.20. The van der Waals surface area contributed by atoms with Gasteiger partial charge in [-0.1, -0.05) is 12.2 Å². The minimum Gasteiger partial charge on any atom is -0.369 e. The van der Waals surface area contributed by atoms with Crippen LogP contribution in [0.5, 0.6) is 0 Å². The largest absolute Gasteiger partial charge is 0.369 e. The Morgan fingerprint density at radius 3 is 2.37 bits per heavy atom. The van der Waals surface area contributed by atoms with Gasteiger partial charge in [0.05, 0.1) is 0 Å². The van der Waals surface area contributed by atoms with Gasteiger partial charge in [0.25, 0.3) is 0 Å². The molecule has 0 bridgehead atoms. The number of hydrogen-bond donors (Lipinski definition) is 3. The third-order valence-corrected chi connectivity index (χ3v) is 3.62. The van der Waals surface area contributed by atoms with Crippen molar-refractivity contribution >= 4 is 18.0 Å². The zero-order chi connectivity index (χ0) is 14.3. The SMILES string of the molecule is Cc1nc(=S)cc(NC2CC(C)(C)NC(C)(C)C2)[nH]1. The van der Waals surface area contributed by atoms with Gasteiger partial charge in [-0.2, -0.15) is 0 Å². The highest BCUT2D eigenvalue weighted by atomic mass is 32.1. The molecule has 0 radical (unpaired) electrons. The summed E-state index contributed by atoms with van der Waals surface area (Å²) in [6.45, 7) is 10.9. The molecule has 1 aliphatic heterocycles. The first-order chi connectivity index (χ1) is 8.65. The van der Waals surface area contributed by atoms with Crippen molar-refractivity contribution in [2.75, 3.05) is 5.32 Å². The molecule has 0 aliphatic carbocycles. The number of piperidine rings is 1. The van der Waals surface area contributed by atoms with E-state index in [1.54, 1.807) is 0 Å². The summed E-state index contributed by atoms with van der Waals surface area (Å²) in [5.74, 6) is 1.82. The lowest BCUT2D eigenvalue weighted by molar-refractivity contribution is 0.170. The lowest BCUT2D eigenvalue weighted by atomic mass is 9.79. The van der Waals surface area contributed by atoms with Gasteiger partial charge in [0, 0.05) is 23.2 Å². The van der Waals surface area contributed by atoms with E-state index in [0.29, 0.717) is 10.7 Å². The molecular formula is C14H24N4S. The van der Waals surface area contributed by atoms with Crippen LogP contribution in [0.1, 0.15) is 46.4 Å². The van der Waals surface area contributed by atoms with Crippen LogP contribution in [0.4, 0.5) is 5.82 Å². The zero-order valence-electron chi connectivity index (χ0n) is 12.4. The molecule has 0 amide bonds. The topological polar surface area (TPSA) is 52.7 Å². The Morgan fingerprint density at radius 1 is 1.26 bits per heavy atom. The number of nitrogens with one attached hydrogen (secondary N) is 3. The maximum Gasteiger partial charge on any atom is 0.131 e. The summed E-state index contributed by atoms with van der Waals surface area (Å²) in [5.41, 5.74) is 0.274. The zero-order valence-corrected chi connectivity index (χ0v) is 13.2. The number of hydrogen-bond acceptors (Lipinski definition) is 4. The highest BCUT2D eigenvalue weighted by molar-refractivity contribution is 7.71. The average molecular weight is 280 g/mol. The van der Waals surface area contributed by atoms with Gasteiger partial charge in [-0.3, -0.25) is 0 Å². The first kappa shape index (κ1) is 14.5. The molecule has 2 heterocycles. The molecule has 0 aromatic carbocycles. The van der Waals surface area contributed by atoms with Crippen molar-refractivity contribution in [1.29, 1.82) is 0 Å². The summed E-state index contributed by atoms with van der Waals surface area (Å²) in [6.07, 6.45) is 2.16. The summed E-state index contributed by atoms with van der Waals surface area (Å²) in [6, 6.07) is 2.32. The number of H-pyrrole nitrogens is 1. The molecule has 0 unspecified atom stereocenters. The van der Waals surface area contributed by atoms with Crippen molar-refractivity contribution in [1.82, 2.24) is 15.3 Å². The van der Waals surface area contributed by atoms with Crippen molar-refractivity contribution < 1.29 is 0 Å². The van der Waals surface area contributed by atoms with Crippen LogP contribution in [0.2, 0.25) is 0 Å². The molecule has 4 nitrogen and oxygen atoms in total. The van der Waals surface area contributed by atoms with E-state index in [9.17, 15) is 0 Å². The Hall–Kier alpha value is -0.940.